The highest BCUT2D eigenvalue weighted by atomic mass is 16.6. The van der Waals surface area contributed by atoms with E-state index in [-0.39, 0.29) is 6.10 Å². The van der Waals surface area contributed by atoms with Gasteiger partial charge in [-0.05, 0) is 104 Å². The lowest BCUT2D eigenvalue weighted by Gasteiger charge is -2.15. The summed E-state index contributed by atoms with van der Waals surface area (Å²) in [4.78, 5) is 8.18. The Labute approximate surface area is 276 Å². The molecular weight excluding hydrogens is 536 g/mol. The van der Waals surface area contributed by atoms with Crippen molar-refractivity contribution in [3.63, 3.8) is 0 Å². The van der Waals surface area contributed by atoms with Crippen molar-refractivity contribution in [3.8, 4) is 0 Å². The van der Waals surface area contributed by atoms with E-state index in [2.05, 4.69) is 86.6 Å². The average molecular weight is 613 g/mol. The van der Waals surface area contributed by atoms with Gasteiger partial charge in [-0.3, -0.25) is 0 Å². The van der Waals surface area contributed by atoms with Gasteiger partial charge in [-0.25, -0.2) is 0 Å². The summed E-state index contributed by atoms with van der Waals surface area (Å²) in [5, 5.41) is 4.35. The fourth-order valence-corrected chi connectivity index (χ4v) is 5.28. The number of hydrogen-bond acceptors (Lipinski definition) is 3. The molecule has 0 aromatic rings. The number of oxime groups is 1. The van der Waals surface area contributed by atoms with Gasteiger partial charge in [0.05, 0.1) is 0 Å². The first kappa shape index (κ1) is 42.4. The van der Waals surface area contributed by atoms with E-state index in [1.54, 1.807) is 0 Å². The molecule has 3 nitrogen and oxygen atoms in total. The predicted octanol–water partition coefficient (Wildman–Crippen LogP) is 13.3. The minimum absolute atomic E-state index is 0.289. The number of allylic oxidation sites excluding steroid dienone is 8. The van der Waals surface area contributed by atoms with E-state index in [0.717, 1.165) is 38.6 Å². The Balaban J connectivity index is 3.93. The van der Waals surface area contributed by atoms with E-state index in [9.17, 15) is 0 Å². The molecule has 0 spiro atoms. The summed E-state index contributed by atoms with van der Waals surface area (Å²) in [6.45, 7) is 5.54. The fraction of sp³-hybridized carbons (Fsp3) is 0.780. The quantitative estimate of drug-likeness (QED) is 0.0312. The highest BCUT2D eigenvalue weighted by molar-refractivity contribution is 5.56. The van der Waals surface area contributed by atoms with E-state index in [1.165, 1.54) is 135 Å². The normalized spacial score (nSPS) is 13.3. The highest BCUT2D eigenvalue weighted by Gasteiger charge is 2.09. The third-order valence-electron chi connectivity index (χ3n) is 8.19. The Morgan fingerprint density at radius 2 is 0.886 bits per heavy atom. The molecule has 3 heteroatoms. The minimum atomic E-state index is 0.289. The Morgan fingerprint density at radius 3 is 1.34 bits per heavy atom. The third-order valence-corrected chi connectivity index (χ3v) is 8.19. The Bertz CT molecular complexity index is 691. The molecule has 0 saturated carbocycles. The van der Waals surface area contributed by atoms with Crippen LogP contribution in [-0.4, -0.2) is 37.9 Å². The van der Waals surface area contributed by atoms with Gasteiger partial charge in [0.1, 0.15) is 6.10 Å². The molecule has 256 valence electrons. The first-order valence-corrected chi connectivity index (χ1v) is 19.1. The third kappa shape index (κ3) is 36.6. The van der Waals surface area contributed by atoms with Crippen molar-refractivity contribution in [2.24, 2.45) is 5.16 Å². The maximum Gasteiger partial charge on any atom is 0.127 e. The molecule has 0 amide bonds. The van der Waals surface area contributed by atoms with E-state index >= 15 is 0 Å². The summed E-state index contributed by atoms with van der Waals surface area (Å²) in [6, 6.07) is 0. The van der Waals surface area contributed by atoms with Crippen LogP contribution in [0.2, 0.25) is 0 Å². The molecule has 44 heavy (non-hydrogen) atoms. The first-order valence-electron chi connectivity index (χ1n) is 19.1. The molecular formula is C41H76N2O. The van der Waals surface area contributed by atoms with Crippen molar-refractivity contribution in [2.45, 2.75) is 187 Å². The topological polar surface area (TPSA) is 24.8 Å². The molecule has 0 saturated heterocycles. The molecule has 0 aliphatic heterocycles. The van der Waals surface area contributed by atoms with Crippen molar-refractivity contribution in [2.75, 3.05) is 20.6 Å². The standard InChI is InChI=1S/C41H76N2O/c1-5-7-9-11-13-15-17-19-21-23-25-27-29-31-33-35-38-41(44-42-39-36-40-43(3)4)37-34-32-30-28-26-24-22-20-18-16-14-12-10-8-6-2/h12-15,18-21,39,41H,5-11,16-17,22-38,40H2,1-4H3/b14-12-,15-13-,20-18-,21-19-,42-39-. The van der Waals surface area contributed by atoms with Gasteiger partial charge >= 0.3 is 0 Å². The Hall–Kier alpha value is -1.61. The highest BCUT2D eigenvalue weighted by Crippen LogP contribution is 2.17. The monoisotopic (exact) mass is 613 g/mol. The van der Waals surface area contributed by atoms with Gasteiger partial charge in [0.2, 0.25) is 0 Å². The second-order valence-electron chi connectivity index (χ2n) is 13.0. The van der Waals surface area contributed by atoms with E-state index in [4.69, 9.17) is 4.84 Å². The van der Waals surface area contributed by atoms with E-state index < -0.39 is 0 Å². The maximum atomic E-state index is 5.99. The van der Waals surface area contributed by atoms with Crippen LogP contribution in [0.15, 0.2) is 53.8 Å². The Morgan fingerprint density at radius 1 is 0.477 bits per heavy atom. The summed E-state index contributed by atoms with van der Waals surface area (Å²) in [6.07, 6.45) is 54.0. The van der Waals surface area contributed by atoms with E-state index in [1.807, 2.05) is 6.21 Å². The van der Waals surface area contributed by atoms with Crippen LogP contribution in [0, 0.1) is 0 Å². The van der Waals surface area contributed by atoms with Crippen LogP contribution in [0.3, 0.4) is 0 Å². The SMILES string of the molecule is CCCC/C=C\C/C=C\CCCCCCCCC(CCCCCCCC/C=C\C/C=C\CCCCC)O/N=C\CCN(C)C. The zero-order chi connectivity index (χ0) is 32.0. The lowest BCUT2D eigenvalue weighted by atomic mass is 10.0. The number of hydrogen-bond donors (Lipinski definition) is 0. The van der Waals surface area contributed by atoms with Crippen LogP contribution < -0.4 is 0 Å². The van der Waals surface area contributed by atoms with Crippen LogP contribution >= 0.6 is 0 Å². The molecule has 0 bridgehead atoms. The molecule has 0 heterocycles. The van der Waals surface area contributed by atoms with Gasteiger partial charge in [0, 0.05) is 12.8 Å². The number of rotatable bonds is 34. The molecule has 1 unspecified atom stereocenters. The lowest BCUT2D eigenvalue weighted by Crippen LogP contribution is -2.13. The minimum Gasteiger partial charge on any atom is -0.393 e. The molecule has 0 aromatic carbocycles. The molecule has 1 atom stereocenters. The molecule has 0 N–H and O–H groups in total. The zero-order valence-electron chi connectivity index (χ0n) is 30.2. The first-order chi connectivity index (χ1) is 21.7. The molecule has 0 aromatic heterocycles. The van der Waals surface area contributed by atoms with Gasteiger partial charge in [-0.2, -0.15) is 0 Å². The smallest absolute Gasteiger partial charge is 0.127 e. The van der Waals surface area contributed by atoms with Crippen molar-refractivity contribution in [3.05, 3.63) is 48.6 Å². The van der Waals surface area contributed by atoms with Crippen molar-refractivity contribution >= 4 is 6.21 Å². The van der Waals surface area contributed by atoms with E-state index in [0.29, 0.717) is 0 Å². The van der Waals surface area contributed by atoms with Crippen LogP contribution in [-0.2, 0) is 4.84 Å². The second-order valence-corrected chi connectivity index (χ2v) is 13.0. The number of nitrogens with zero attached hydrogens (tertiary/aromatic N) is 2. The van der Waals surface area contributed by atoms with Crippen LogP contribution in [0.1, 0.15) is 181 Å². The molecule has 0 radical (unpaired) electrons. The summed E-state index contributed by atoms with van der Waals surface area (Å²) in [7, 11) is 4.21. The van der Waals surface area contributed by atoms with Gasteiger partial charge in [0.15, 0.2) is 0 Å². The van der Waals surface area contributed by atoms with Crippen LogP contribution in [0.5, 0.6) is 0 Å². The molecule has 0 fully saturated rings. The van der Waals surface area contributed by atoms with Gasteiger partial charge in [-0.1, -0.05) is 145 Å². The van der Waals surface area contributed by atoms with Gasteiger partial charge in [0.25, 0.3) is 0 Å². The summed E-state index contributed by atoms with van der Waals surface area (Å²) in [5.74, 6) is 0. The van der Waals surface area contributed by atoms with Crippen molar-refractivity contribution in [1.29, 1.82) is 0 Å². The van der Waals surface area contributed by atoms with Crippen molar-refractivity contribution < 1.29 is 4.84 Å². The Kier molecular flexibility index (Phi) is 36.2. The van der Waals surface area contributed by atoms with Gasteiger partial charge in [-0.15, -0.1) is 0 Å². The summed E-state index contributed by atoms with van der Waals surface area (Å²) >= 11 is 0. The van der Waals surface area contributed by atoms with Gasteiger partial charge < -0.3 is 9.74 Å². The average Bonchev–Trinajstić information content (AvgIpc) is 3.02. The molecule has 0 aliphatic carbocycles. The lowest BCUT2D eigenvalue weighted by molar-refractivity contribution is 0.0436. The largest absolute Gasteiger partial charge is 0.393 e. The summed E-state index contributed by atoms with van der Waals surface area (Å²) in [5.41, 5.74) is 0. The fourth-order valence-electron chi connectivity index (χ4n) is 5.28. The summed E-state index contributed by atoms with van der Waals surface area (Å²) < 4.78 is 0. The number of unbranched alkanes of at least 4 members (excludes halogenated alkanes) is 17. The maximum absolute atomic E-state index is 5.99. The predicted molar refractivity (Wildman–Crippen MR) is 200 cm³/mol. The second kappa shape index (κ2) is 37.6. The molecule has 0 aliphatic rings. The van der Waals surface area contributed by atoms with Crippen molar-refractivity contribution in [1.82, 2.24) is 4.90 Å². The van der Waals surface area contributed by atoms with Crippen LogP contribution in [0.4, 0.5) is 0 Å². The molecule has 0 rings (SSSR count). The van der Waals surface area contributed by atoms with Crippen LogP contribution in [0.25, 0.3) is 0 Å². The zero-order valence-corrected chi connectivity index (χ0v) is 30.2.